The van der Waals surface area contributed by atoms with E-state index < -0.39 is 5.82 Å². The second-order valence-electron chi connectivity index (χ2n) is 4.08. The van der Waals surface area contributed by atoms with Crippen LogP contribution in [-0.4, -0.2) is 0 Å². The molecule has 0 heterocycles. The zero-order chi connectivity index (χ0) is 13.1. The third-order valence-corrected chi connectivity index (χ3v) is 3.38. The van der Waals surface area contributed by atoms with Gasteiger partial charge in [0.25, 0.3) is 0 Å². The third-order valence-electron chi connectivity index (χ3n) is 2.74. The molecule has 1 nitrogen and oxygen atoms in total. The average Bonchev–Trinajstić information content (AvgIpc) is 2.34. The minimum Gasteiger partial charge on any atom is -0.324 e. The monoisotopic (exact) mass is 283 g/mol. The van der Waals surface area contributed by atoms with Crippen LogP contribution in [0.2, 0.25) is 10.0 Å². The van der Waals surface area contributed by atoms with Crippen molar-refractivity contribution < 1.29 is 4.39 Å². The van der Waals surface area contributed by atoms with Gasteiger partial charge in [0.2, 0.25) is 0 Å². The van der Waals surface area contributed by atoms with Gasteiger partial charge in [0, 0.05) is 11.1 Å². The Hall–Kier alpha value is -1.09. The van der Waals surface area contributed by atoms with Gasteiger partial charge in [-0.3, -0.25) is 0 Å². The molecule has 0 spiro atoms. The molecule has 4 heteroatoms. The van der Waals surface area contributed by atoms with Gasteiger partial charge in [-0.2, -0.15) is 0 Å². The van der Waals surface area contributed by atoms with Crippen LogP contribution in [0.3, 0.4) is 0 Å². The molecule has 0 bridgehead atoms. The van der Waals surface area contributed by atoms with Crippen molar-refractivity contribution in [1.29, 1.82) is 0 Å². The van der Waals surface area contributed by atoms with Crippen molar-refractivity contribution in [3.05, 3.63) is 69.5 Å². The first kappa shape index (κ1) is 13.3. The SMILES string of the molecule is NC(Cc1ccc(F)c(Cl)c1)c1ccccc1Cl. The molecule has 1 atom stereocenters. The summed E-state index contributed by atoms with van der Waals surface area (Å²) in [6.45, 7) is 0. The molecule has 0 aliphatic carbocycles. The van der Waals surface area contributed by atoms with Crippen molar-refractivity contribution in [3.8, 4) is 0 Å². The fourth-order valence-corrected chi connectivity index (χ4v) is 2.29. The molecule has 0 saturated carbocycles. The van der Waals surface area contributed by atoms with Gasteiger partial charge in [0.1, 0.15) is 5.82 Å². The Morgan fingerprint density at radius 1 is 1.06 bits per heavy atom. The maximum Gasteiger partial charge on any atom is 0.141 e. The Morgan fingerprint density at radius 3 is 2.44 bits per heavy atom. The summed E-state index contributed by atoms with van der Waals surface area (Å²) in [5.41, 5.74) is 7.85. The van der Waals surface area contributed by atoms with E-state index in [9.17, 15) is 4.39 Å². The van der Waals surface area contributed by atoms with E-state index in [2.05, 4.69) is 0 Å². The molecular weight excluding hydrogens is 272 g/mol. The van der Waals surface area contributed by atoms with E-state index in [4.69, 9.17) is 28.9 Å². The molecular formula is C14H12Cl2FN. The third kappa shape index (κ3) is 3.02. The molecule has 0 amide bonds. The predicted octanol–water partition coefficient (Wildman–Crippen LogP) is 4.38. The summed E-state index contributed by atoms with van der Waals surface area (Å²) in [4.78, 5) is 0. The van der Waals surface area contributed by atoms with Crippen molar-refractivity contribution in [3.63, 3.8) is 0 Å². The van der Waals surface area contributed by atoms with Crippen LogP contribution in [0.5, 0.6) is 0 Å². The van der Waals surface area contributed by atoms with Crippen LogP contribution in [-0.2, 0) is 6.42 Å². The van der Waals surface area contributed by atoms with Crippen LogP contribution in [0, 0.1) is 5.82 Å². The van der Waals surface area contributed by atoms with E-state index in [1.54, 1.807) is 18.2 Å². The van der Waals surface area contributed by atoms with Gasteiger partial charge < -0.3 is 5.73 Å². The van der Waals surface area contributed by atoms with Crippen LogP contribution in [0.25, 0.3) is 0 Å². The van der Waals surface area contributed by atoms with E-state index in [0.717, 1.165) is 11.1 Å². The number of nitrogens with two attached hydrogens (primary N) is 1. The summed E-state index contributed by atoms with van der Waals surface area (Å²) in [7, 11) is 0. The van der Waals surface area contributed by atoms with Gasteiger partial charge in [-0.05, 0) is 35.7 Å². The van der Waals surface area contributed by atoms with Crippen LogP contribution >= 0.6 is 23.2 Å². The summed E-state index contributed by atoms with van der Waals surface area (Å²) >= 11 is 11.8. The molecule has 2 rings (SSSR count). The molecule has 94 valence electrons. The minimum atomic E-state index is -0.424. The van der Waals surface area contributed by atoms with Crippen LogP contribution in [0.1, 0.15) is 17.2 Å². The molecule has 0 radical (unpaired) electrons. The highest BCUT2D eigenvalue weighted by atomic mass is 35.5. The Bertz CT molecular complexity index is 557. The van der Waals surface area contributed by atoms with E-state index >= 15 is 0 Å². The van der Waals surface area contributed by atoms with Crippen LogP contribution < -0.4 is 5.73 Å². The maximum atomic E-state index is 13.0. The van der Waals surface area contributed by atoms with E-state index in [1.165, 1.54) is 6.07 Å². The van der Waals surface area contributed by atoms with Crippen molar-refractivity contribution in [2.24, 2.45) is 5.73 Å². The van der Waals surface area contributed by atoms with E-state index in [-0.39, 0.29) is 11.1 Å². The largest absolute Gasteiger partial charge is 0.324 e. The zero-order valence-corrected chi connectivity index (χ0v) is 11.0. The standard InChI is InChI=1S/C14H12Cl2FN/c15-11-4-2-1-3-10(11)14(18)8-9-5-6-13(17)12(16)7-9/h1-7,14H,8,18H2. The molecule has 0 fully saturated rings. The number of hydrogen-bond donors (Lipinski definition) is 1. The van der Waals surface area contributed by atoms with Crippen molar-refractivity contribution in [2.75, 3.05) is 0 Å². The van der Waals surface area contributed by atoms with Crippen molar-refractivity contribution >= 4 is 23.2 Å². The Morgan fingerprint density at radius 2 is 1.78 bits per heavy atom. The first-order chi connectivity index (χ1) is 8.58. The quantitative estimate of drug-likeness (QED) is 0.889. The lowest BCUT2D eigenvalue weighted by Crippen LogP contribution is -2.13. The summed E-state index contributed by atoms with van der Waals surface area (Å²) in [6, 6.07) is 11.8. The predicted molar refractivity (Wildman–Crippen MR) is 73.5 cm³/mol. The normalized spacial score (nSPS) is 12.4. The molecule has 2 aromatic carbocycles. The fourth-order valence-electron chi connectivity index (χ4n) is 1.81. The van der Waals surface area contributed by atoms with E-state index in [0.29, 0.717) is 11.4 Å². The molecule has 0 saturated heterocycles. The smallest absolute Gasteiger partial charge is 0.141 e. The minimum absolute atomic E-state index is 0.110. The Balaban J connectivity index is 2.19. The number of rotatable bonds is 3. The first-order valence-corrected chi connectivity index (χ1v) is 6.27. The molecule has 1 unspecified atom stereocenters. The summed E-state index contributed by atoms with van der Waals surface area (Å²) in [6.07, 6.45) is 0.559. The molecule has 2 aromatic rings. The van der Waals surface area contributed by atoms with E-state index in [1.807, 2.05) is 18.2 Å². The lowest BCUT2D eigenvalue weighted by atomic mass is 10.00. The van der Waals surface area contributed by atoms with Crippen molar-refractivity contribution in [2.45, 2.75) is 12.5 Å². The van der Waals surface area contributed by atoms with Gasteiger partial charge in [0.15, 0.2) is 0 Å². The van der Waals surface area contributed by atoms with Gasteiger partial charge in [-0.25, -0.2) is 4.39 Å². The highest BCUT2D eigenvalue weighted by Crippen LogP contribution is 2.25. The number of hydrogen-bond acceptors (Lipinski definition) is 1. The summed E-state index contributed by atoms with van der Waals surface area (Å²) in [5.74, 6) is -0.424. The average molecular weight is 284 g/mol. The zero-order valence-electron chi connectivity index (χ0n) is 9.54. The highest BCUT2D eigenvalue weighted by molar-refractivity contribution is 6.31. The molecule has 18 heavy (non-hydrogen) atoms. The van der Waals surface area contributed by atoms with Gasteiger partial charge in [-0.1, -0.05) is 47.5 Å². The second-order valence-corrected chi connectivity index (χ2v) is 4.89. The molecule has 0 aliphatic rings. The number of halogens is 3. The summed E-state index contributed by atoms with van der Waals surface area (Å²) < 4.78 is 13.0. The van der Waals surface area contributed by atoms with Gasteiger partial charge >= 0.3 is 0 Å². The Labute approximate surface area is 115 Å². The van der Waals surface area contributed by atoms with Crippen molar-refractivity contribution in [1.82, 2.24) is 0 Å². The van der Waals surface area contributed by atoms with Gasteiger partial charge in [0.05, 0.1) is 5.02 Å². The Kier molecular flexibility index (Phi) is 4.23. The molecule has 2 N–H and O–H groups in total. The lowest BCUT2D eigenvalue weighted by Gasteiger charge is -2.14. The number of benzene rings is 2. The second kappa shape index (κ2) is 5.70. The molecule has 0 aromatic heterocycles. The summed E-state index contributed by atoms with van der Waals surface area (Å²) in [5, 5.41) is 0.747. The molecule has 0 aliphatic heterocycles. The fraction of sp³-hybridized carbons (Fsp3) is 0.143. The first-order valence-electron chi connectivity index (χ1n) is 5.52. The van der Waals surface area contributed by atoms with Gasteiger partial charge in [-0.15, -0.1) is 0 Å². The maximum absolute atomic E-state index is 13.0. The van der Waals surface area contributed by atoms with Crippen LogP contribution in [0.4, 0.5) is 4.39 Å². The highest BCUT2D eigenvalue weighted by Gasteiger charge is 2.11. The van der Waals surface area contributed by atoms with Crippen LogP contribution in [0.15, 0.2) is 42.5 Å². The lowest BCUT2D eigenvalue weighted by molar-refractivity contribution is 0.626. The topological polar surface area (TPSA) is 26.0 Å².